The number of rotatable bonds is 6. The van der Waals surface area contributed by atoms with Crippen molar-refractivity contribution in [2.75, 3.05) is 19.0 Å². The van der Waals surface area contributed by atoms with Gasteiger partial charge in [0.2, 0.25) is 5.91 Å². The molecule has 0 aliphatic carbocycles. The van der Waals surface area contributed by atoms with Gasteiger partial charge in [-0.25, -0.2) is 0 Å². The van der Waals surface area contributed by atoms with Gasteiger partial charge in [0.25, 0.3) is 0 Å². The number of alkyl halides is 1. The minimum atomic E-state index is -0.0525. The molecule has 0 atom stereocenters. The molecule has 0 radical (unpaired) electrons. The molecule has 1 N–H and O–H groups in total. The summed E-state index contributed by atoms with van der Waals surface area (Å²) in [6.07, 6.45) is 0. The number of hydrogen-bond donors (Lipinski definition) is 1. The van der Waals surface area contributed by atoms with Gasteiger partial charge < -0.3 is 14.8 Å². The Morgan fingerprint density at radius 2 is 2.24 bits per heavy atom. The molecule has 0 bridgehead atoms. The summed E-state index contributed by atoms with van der Waals surface area (Å²) in [7, 11) is 1.61. The van der Waals surface area contributed by atoms with Gasteiger partial charge in [0.15, 0.2) is 0 Å². The average Bonchev–Trinajstić information content (AvgIpc) is 2.37. The van der Waals surface area contributed by atoms with Crippen molar-refractivity contribution in [3.8, 4) is 11.5 Å². The van der Waals surface area contributed by atoms with Crippen LogP contribution in [-0.4, -0.2) is 25.0 Å². The quantitative estimate of drug-likeness (QED) is 0.819. The molecule has 0 aliphatic rings. The Morgan fingerprint density at radius 3 is 2.82 bits per heavy atom. The van der Waals surface area contributed by atoms with E-state index in [1.54, 1.807) is 7.11 Å². The topological polar surface area (TPSA) is 47.6 Å². The lowest BCUT2D eigenvalue weighted by atomic mass is 10.2. The van der Waals surface area contributed by atoms with Crippen molar-refractivity contribution in [1.29, 1.82) is 0 Å². The molecule has 0 unspecified atom stereocenters. The summed E-state index contributed by atoms with van der Waals surface area (Å²) in [5, 5.41) is 3.08. The number of halogens is 1. The molecule has 0 saturated heterocycles. The van der Waals surface area contributed by atoms with Crippen molar-refractivity contribution in [2.45, 2.75) is 13.5 Å². The van der Waals surface area contributed by atoms with E-state index in [0.717, 1.165) is 17.1 Å². The molecule has 1 rings (SSSR count). The van der Waals surface area contributed by atoms with Gasteiger partial charge in [-0.15, -0.1) is 0 Å². The predicted octanol–water partition coefficient (Wildman–Crippen LogP) is 2.10. The molecular formula is C12H16BrNO3. The van der Waals surface area contributed by atoms with Crippen LogP contribution in [0.4, 0.5) is 0 Å². The van der Waals surface area contributed by atoms with E-state index < -0.39 is 0 Å². The molecular weight excluding hydrogens is 286 g/mol. The number of methoxy groups -OCH3 is 1. The molecule has 0 spiro atoms. The van der Waals surface area contributed by atoms with Crippen molar-refractivity contribution in [3.05, 3.63) is 23.8 Å². The van der Waals surface area contributed by atoms with Crippen molar-refractivity contribution in [2.24, 2.45) is 0 Å². The van der Waals surface area contributed by atoms with Crippen LogP contribution in [-0.2, 0) is 11.3 Å². The highest BCUT2D eigenvalue weighted by Gasteiger charge is 2.06. The second kappa shape index (κ2) is 7.17. The Balaban J connectivity index is 2.78. The fourth-order valence-electron chi connectivity index (χ4n) is 1.34. The van der Waals surface area contributed by atoms with Crippen LogP contribution < -0.4 is 14.8 Å². The Kier molecular flexibility index (Phi) is 5.83. The molecule has 0 aromatic heterocycles. The molecule has 0 aliphatic heterocycles. The van der Waals surface area contributed by atoms with Gasteiger partial charge in [-0.2, -0.15) is 0 Å². The summed E-state index contributed by atoms with van der Waals surface area (Å²) in [5.41, 5.74) is 0.932. The maximum absolute atomic E-state index is 11.2. The van der Waals surface area contributed by atoms with Gasteiger partial charge >= 0.3 is 0 Å². The van der Waals surface area contributed by atoms with Gasteiger partial charge in [-0.05, 0) is 19.1 Å². The highest BCUT2D eigenvalue weighted by molar-refractivity contribution is 9.09. The third-order valence-corrected chi connectivity index (χ3v) is 2.68. The number of carbonyl (C=O) groups is 1. The number of benzene rings is 1. The van der Waals surface area contributed by atoms with Crippen LogP contribution in [0.25, 0.3) is 0 Å². The maximum atomic E-state index is 11.2. The largest absolute Gasteiger partial charge is 0.497 e. The summed E-state index contributed by atoms with van der Waals surface area (Å²) in [6, 6.07) is 5.55. The van der Waals surface area contributed by atoms with Gasteiger partial charge in [0.1, 0.15) is 11.5 Å². The van der Waals surface area contributed by atoms with E-state index in [4.69, 9.17) is 9.47 Å². The lowest BCUT2D eigenvalue weighted by molar-refractivity contribution is -0.118. The first-order valence-corrected chi connectivity index (χ1v) is 6.45. The zero-order valence-electron chi connectivity index (χ0n) is 9.96. The highest BCUT2D eigenvalue weighted by atomic mass is 79.9. The smallest absolute Gasteiger partial charge is 0.230 e. The van der Waals surface area contributed by atoms with Gasteiger partial charge in [-0.3, -0.25) is 4.79 Å². The van der Waals surface area contributed by atoms with Crippen LogP contribution in [0, 0.1) is 0 Å². The summed E-state index contributed by atoms with van der Waals surface area (Å²) < 4.78 is 10.6. The SMILES string of the molecule is CCOc1cc(OC)ccc1CNC(=O)CBr. The van der Waals surface area contributed by atoms with E-state index in [1.165, 1.54) is 0 Å². The van der Waals surface area contributed by atoms with Crippen LogP contribution in [0.1, 0.15) is 12.5 Å². The second-order valence-corrected chi connectivity index (χ2v) is 3.88. The molecule has 1 aromatic rings. The van der Waals surface area contributed by atoms with Crippen LogP contribution in [0.5, 0.6) is 11.5 Å². The van der Waals surface area contributed by atoms with Gasteiger partial charge in [0, 0.05) is 18.2 Å². The monoisotopic (exact) mass is 301 g/mol. The minimum absolute atomic E-state index is 0.0525. The zero-order valence-corrected chi connectivity index (χ0v) is 11.5. The van der Waals surface area contributed by atoms with E-state index >= 15 is 0 Å². The first-order chi connectivity index (χ1) is 8.21. The van der Waals surface area contributed by atoms with Crippen LogP contribution >= 0.6 is 15.9 Å². The highest BCUT2D eigenvalue weighted by Crippen LogP contribution is 2.24. The first-order valence-electron chi connectivity index (χ1n) is 5.33. The zero-order chi connectivity index (χ0) is 12.7. The van der Waals surface area contributed by atoms with E-state index in [9.17, 15) is 4.79 Å². The van der Waals surface area contributed by atoms with Crippen LogP contribution in [0.15, 0.2) is 18.2 Å². The fraction of sp³-hybridized carbons (Fsp3) is 0.417. The van der Waals surface area contributed by atoms with Crippen LogP contribution in [0.3, 0.4) is 0 Å². The summed E-state index contributed by atoms with van der Waals surface area (Å²) in [4.78, 5) is 11.2. The number of amides is 1. The van der Waals surface area contributed by atoms with E-state index in [1.807, 2.05) is 25.1 Å². The lowest BCUT2D eigenvalue weighted by Gasteiger charge is -2.12. The van der Waals surface area contributed by atoms with Gasteiger partial charge in [0.05, 0.1) is 19.0 Å². The number of carbonyl (C=O) groups excluding carboxylic acids is 1. The molecule has 94 valence electrons. The minimum Gasteiger partial charge on any atom is -0.497 e. The Hall–Kier alpha value is -1.23. The summed E-state index contributed by atoms with van der Waals surface area (Å²) in [5.74, 6) is 1.43. The van der Waals surface area contributed by atoms with E-state index in [0.29, 0.717) is 18.5 Å². The van der Waals surface area contributed by atoms with E-state index in [2.05, 4.69) is 21.2 Å². The number of hydrogen-bond acceptors (Lipinski definition) is 3. The molecule has 0 heterocycles. The van der Waals surface area contributed by atoms with Gasteiger partial charge in [-0.1, -0.05) is 15.9 Å². The molecule has 1 aromatic carbocycles. The van der Waals surface area contributed by atoms with E-state index in [-0.39, 0.29) is 5.91 Å². The molecule has 17 heavy (non-hydrogen) atoms. The standard InChI is InChI=1S/C12H16BrNO3/c1-3-17-11-6-10(16-2)5-4-9(11)8-14-12(15)7-13/h4-6H,3,7-8H2,1-2H3,(H,14,15). The fourth-order valence-corrected chi connectivity index (χ4v) is 1.54. The average molecular weight is 302 g/mol. The third kappa shape index (κ3) is 4.26. The summed E-state index contributed by atoms with van der Waals surface area (Å²) in [6.45, 7) is 2.94. The van der Waals surface area contributed by atoms with Crippen LogP contribution in [0.2, 0.25) is 0 Å². The summed E-state index contributed by atoms with van der Waals surface area (Å²) >= 11 is 3.10. The predicted molar refractivity (Wildman–Crippen MR) is 69.8 cm³/mol. The maximum Gasteiger partial charge on any atom is 0.230 e. The Bertz CT molecular complexity index is 382. The lowest BCUT2D eigenvalue weighted by Crippen LogP contribution is -2.23. The normalized spacial score (nSPS) is 9.82. The van der Waals surface area contributed by atoms with Crippen molar-refractivity contribution in [3.63, 3.8) is 0 Å². The number of nitrogens with one attached hydrogen (secondary N) is 1. The van der Waals surface area contributed by atoms with Crippen molar-refractivity contribution in [1.82, 2.24) is 5.32 Å². The van der Waals surface area contributed by atoms with Crippen molar-refractivity contribution < 1.29 is 14.3 Å². The molecule has 1 amide bonds. The molecule has 5 heteroatoms. The molecule has 4 nitrogen and oxygen atoms in total. The molecule has 0 fully saturated rings. The molecule has 0 saturated carbocycles. The number of ether oxygens (including phenoxy) is 2. The Labute approximate surface area is 109 Å². The first kappa shape index (κ1) is 13.8. The second-order valence-electron chi connectivity index (χ2n) is 3.32. The third-order valence-electron chi connectivity index (χ3n) is 2.17. The Morgan fingerprint density at radius 1 is 1.47 bits per heavy atom. The van der Waals surface area contributed by atoms with Crippen molar-refractivity contribution >= 4 is 21.8 Å².